The van der Waals surface area contributed by atoms with Crippen LogP contribution in [-0.4, -0.2) is 67.1 Å². The van der Waals surface area contributed by atoms with Crippen LogP contribution in [0.3, 0.4) is 0 Å². The molecule has 2 heterocycles. The van der Waals surface area contributed by atoms with Gasteiger partial charge in [-0.2, -0.15) is 4.31 Å². The molecular weight excluding hydrogens is 322 g/mol. The van der Waals surface area contributed by atoms with Gasteiger partial charge >= 0.3 is 0 Å². The Hall–Kier alpha value is -1.87. The Labute approximate surface area is 135 Å². The lowest BCUT2D eigenvalue weighted by Crippen LogP contribution is -2.52. The maximum Gasteiger partial charge on any atom is 0.270 e. The number of hydrogen-bond donors (Lipinski definition) is 1. The van der Waals surface area contributed by atoms with Gasteiger partial charge in [0.1, 0.15) is 5.69 Å². The zero-order valence-electron chi connectivity index (χ0n) is 13.4. The van der Waals surface area contributed by atoms with E-state index >= 15 is 0 Å². The molecule has 0 radical (unpaired) electrons. The highest BCUT2D eigenvalue weighted by molar-refractivity contribution is 7.89. The molecule has 1 amide bonds. The second-order valence-corrected chi connectivity index (χ2v) is 8.05. The fraction of sp³-hybridized carbons (Fsp3) is 0.571. The lowest BCUT2D eigenvalue weighted by molar-refractivity contribution is 0.0691. The summed E-state index contributed by atoms with van der Waals surface area (Å²) in [5, 5.41) is -0.484. The van der Waals surface area contributed by atoms with Crippen molar-refractivity contribution in [3.05, 3.63) is 28.2 Å². The van der Waals surface area contributed by atoms with Crippen LogP contribution in [-0.2, 0) is 10.0 Å². The van der Waals surface area contributed by atoms with E-state index in [4.69, 9.17) is 4.74 Å². The summed E-state index contributed by atoms with van der Waals surface area (Å²) in [6.45, 7) is 4.36. The third kappa shape index (κ3) is 3.56. The second-order valence-electron chi connectivity index (χ2n) is 5.56. The first-order valence-electron chi connectivity index (χ1n) is 7.32. The highest BCUT2D eigenvalue weighted by atomic mass is 32.2. The molecule has 0 aromatic carbocycles. The molecule has 1 aliphatic heterocycles. The summed E-state index contributed by atoms with van der Waals surface area (Å²) in [4.78, 5) is 28.4. The van der Waals surface area contributed by atoms with E-state index in [1.54, 1.807) is 13.8 Å². The number of carbonyl (C=O) groups is 1. The molecule has 0 unspecified atom stereocenters. The van der Waals surface area contributed by atoms with Crippen molar-refractivity contribution in [1.82, 2.24) is 14.2 Å². The minimum absolute atomic E-state index is 0.134. The normalized spacial score (nSPS) is 16.6. The number of nitrogens with zero attached hydrogens (tertiary/aromatic N) is 2. The van der Waals surface area contributed by atoms with Crippen LogP contribution in [0, 0.1) is 0 Å². The predicted octanol–water partition coefficient (Wildman–Crippen LogP) is -0.120. The van der Waals surface area contributed by atoms with Crippen LogP contribution in [0.1, 0.15) is 24.3 Å². The van der Waals surface area contributed by atoms with Crippen molar-refractivity contribution in [2.24, 2.45) is 0 Å². The van der Waals surface area contributed by atoms with Crippen molar-refractivity contribution in [2.75, 3.05) is 33.3 Å². The Bertz CT molecular complexity index is 733. The minimum atomic E-state index is -3.31. The average Bonchev–Trinajstić information content (AvgIpc) is 2.54. The van der Waals surface area contributed by atoms with Crippen LogP contribution in [0.5, 0.6) is 5.75 Å². The summed E-state index contributed by atoms with van der Waals surface area (Å²) in [6, 6.07) is 1.19. The smallest absolute Gasteiger partial charge is 0.270 e. The Balaban J connectivity index is 2.07. The van der Waals surface area contributed by atoms with E-state index in [-0.39, 0.29) is 35.9 Å². The fourth-order valence-corrected chi connectivity index (χ4v) is 3.62. The van der Waals surface area contributed by atoms with E-state index < -0.39 is 15.3 Å². The highest BCUT2D eigenvalue weighted by Crippen LogP contribution is 2.14. The summed E-state index contributed by atoms with van der Waals surface area (Å²) < 4.78 is 30.5. The van der Waals surface area contributed by atoms with Gasteiger partial charge in [-0.15, -0.1) is 0 Å². The monoisotopic (exact) mass is 343 g/mol. The minimum Gasteiger partial charge on any atom is -0.491 e. The van der Waals surface area contributed by atoms with E-state index in [0.717, 1.165) is 0 Å². The van der Waals surface area contributed by atoms with Crippen LogP contribution >= 0.6 is 0 Å². The molecule has 1 saturated heterocycles. The first kappa shape index (κ1) is 17.5. The van der Waals surface area contributed by atoms with E-state index in [1.807, 2.05) is 0 Å². The van der Waals surface area contributed by atoms with Crippen molar-refractivity contribution in [3.8, 4) is 5.75 Å². The number of H-pyrrole nitrogens is 1. The van der Waals surface area contributed by atoms with Gasteiger partial charge in [0.2, 0.25) is 15.5 Å². The summed E-state index contributed by atoms with van der Waals surface area (Å²) in [5.74, 6) is -0.194. The molecule has 9 heteroatoms. The largest absolute Gasteiger partial charge is 0.491 e. The zero-order chi connectivity index (χ0) is 17.2. The lowest BCUT2D eigenvalue weighted by atomic mass is 10.2. The first-order chi connectivity index (χ1) is 10.8. The van der Waals surface area contributed by atoms with Gasteiger partial charge in [0.15, 0.2) is 5.75 Å². The Morgan fingerprint density at radius 2 is 1.87 bits per heavy atom. The fourth-order valence-electron chi connectivity index (χ4n) is 2.36. The van der Waals surface area contributed by atoms with Gasteiger partial charge in [0.25, 0.3) is 5.91 Å². The lowest BCUT2D eigenvalue weighted by Gasteiger charge is -2.34. The van der Waals surface area contributed by atoms with E-state index in [9.17, 15) is 18.0 Å². The second kappa shape index (κ2) is 6.71. The van der Waals surface area contributed by atoms with Crippen molar-refractivity contribution in [2.45, 2.75) is 19.1 Å². The number of amides is 1. The third-order valence-electron chi connectivity index (χ3n) is 3.81. The maximum absolute atomic E-state index is 12.4. The topological polar surface area (TPSA) is 99.8 Å². The molecule has 1 aromatic heterocycles. The van der Waals surface area contributed by atoms with Crippen LogP contribution in [0.2, 0.25) is 0 Å². The number of aromatic nitrogens is 1. The molecule has 0 saturated carbocycles. The van der Waals surface area contributed by atoms with Crippen molar-refractivity contribution >= 4 is 15.9 Å². The summed E-state index contributed by atoms with van der Waals surface area (Å²) >= 11 is 0. The Morgan fingerprint density at radius 1 is 1.26 bits per heavy atom. The predicted molar refractivity (Wildman–Crippen MR) is 85.1 cm³/mol. The number of nitrogens with one attached hydrogen (secondary N) is 1. The molecule has 1 aliphatic rings. The van der Waals surface area contributed by atoms with Crippen LogP contribution in [0.15, 0.2) is 17.1 Å². The van der Waals surface area contributed by atoms with Gasteiger partial charge in [-0.05, 0) is 13.8 Å². The van der Waals surface area contributed by atoms with Crippen LogP contribution in [0.25, 0.3) is 0 Å². The molecule has 1 fully saturated rings. The van der Waals surface area contributed by atoms with E-state index in [2.05, 4.69) is 4.98 Å². The molecule has 0 bridgehead atoms. The molecular formula is C14H21N3O5S. The number of piperazine rings is 1. The maximum atomic E-state index is 12.4. The van der Waals surface area contributed by atoms with Gasteiger partial charge < -0.3 is 14.6 Å². The number of rotatable bonds is 4. The standard InChI is InChI=1S/C14H21N3O5S/c1-10(2)23(20,21)17-6-4-16(5-7-17)14(19)11-8-12(18)13(22-3)9-15-11/h8-10H,4-7H2,1-3H3,(H,15,18). The quantitative estimate of drug-likeness (QED) is 0.821. The number of carbonyl (C=O) groups excluding carboxylic acids is 1. The number of hydrogen-bond acceptors (Lipinski definition) is 5. The molecule has 0 spiro atoms. The highest BCUT2D eigenvalue weighted by Gasteiger charge is 2.31. The Kier molecular flexibility index (Phi) is 5.10. The van der Waals surface area contributed by atoms with Gasteiger partial charge in [-0.25, -0.2) is 8.42 Å². The van der Waals surface area contributed by atoms with Gasteiger partial charge in [0, 0.05) is 38.4 Å². The van der Waals surface area contributed by atoms with E-state index in [0.29, 0.717) is 13.1 Å². The molecule has 1 N–H and O–H groups in total. The van der Waals surface area contributed by atoms with Gasteiger partial charge in [-0.1, -0.05) is 0 Å². The van der Waals surface area contributed by atoms with Crippen LogP contribution in [0.4, 0.5) is 0 Å². The zero-order valence-corrected chi connectivity index (χ0v) is 14.2. The first-order valence-corrected chi connectivity index (χ1v) is 8.82. The van der Waals surface area contributed by atoms with Crippen molar-refractivity contribution < 1.29 is 17.9 Å². The average molecular weight is 343 g/mol. The third-order valence-corrected chi connectivity index (χ3v) is 6.09. The number of ether oxygens (including phenoxy) is 1. The van der Waals surface area contributed by atoms with Gasteiger partial charge in [0.05, 0.1) is 12.4 Å². The number of methoxy groups -OCH3 is 1. The summed E-state index contributed by atoms with van der Waals surface area (Å²) in [6.07, 6.45) is 1.34. The molecule has 23 heavy (non-hydrogen) atoms. The van der Waals surface area contributed by atoms with E-state index in [1.165, 1.54) is 28.6 Å². The number of sulfonamides is 1. The molecule has 0 aliphatic carbocycles. The molecule has 0 atom stereocenters. The Morgan fingerprint density at radius 3 is 2.35 bits per heavy atom. The molecule has 1 aromatic rings. The number of aromatic amines is 1. The number of pyridine rings is 1. The SMILES string of the molecule is COc1c[nH]c(C(=O)N2CCN(S(=O)(=O)C(C)C)CC2)cc1=O. The molecule has 2 rings (SSSR count). The summed E-state index contributed by atoms with van der Waals surface area (Å²) in [7, 11) is -1.93. The molecule has 8 nitrogen and oxygen atoms in total. The van der Waals surface area contributed by atoms with Crippen molar-refractivity contribution in [1.29, 1.82) is 0 Å². The van der Waals surface area contributed by atoms with Gasteiger partial charge in [-0.3, -0.25) is 9.59 Å². The van der Waals surface area contributed by atoms with Crippen LogP contribution < -0.4 is 10.2 Å². The summed E-state index contributed by atoms with van der Waals surface area (Å²) in [5.41, 5.74) is -0.216. The molecule has 128 valence electrons. The van der Waals surface area contributed by atoms with Crippen molar-refractivity contribution in [3.63, 3.8) is 0 Å².